The minimum atomic E-state index is -3.40. The minimum Gasteiger partial charge on any atom is -0.507 e. The van der Waals surface area contributed by atoms with Crippen molar-refractivity contribution in [2.24, 2.45) is 33.7 Å². The summed E-state index contributed by atoms with van der Waals surface area (Å²) in [6, 6.07) is 0. The van der Waals surface area contributed by atoms with Crippen molar-refractivity contribution in [1.29, 1.82) is 0 Å². The van der Waals surface area contributed by atoms with E-state index < -0.39 is 84.9 Å². The van der Waals surface area contributed by atoms with Crippen LogP contribution in [0.25, 0.3) is 10.8 Å². The zero-order valence-electron chi connectivity index (χ0n) is 38.4. The molecule has 1 fully saturated rings. The molecule has 64 heavy (non-hydrogen) atoms. The molecule has 351 valence electrons. The number of rotatable bonds is 7. The van der Waals surface area contributed by atoms with Gasteiger partial charge in [-0.25, -0.2) is 0 Å². The molecule has 4 bridgehead atoms. The van der Waals surface area contributed by atoms with Crippen molar-refractivity contribution in [2.75, 3.05) is 45.0 Å². The number of hydrogen-bond donors (Lipinski definition) is 7. The van der Waals surface area contributed by atoms with Crippen molar-refractivity contribution in [3.63, 3.8) is 0 Å². The number of aliphatic hydroxyl groups excluding tert-OH is 4. The molecule has 4 aliphatic rings. The normalized spacial score (nSPS) is 32.9. The van der Waals surface area contributed by atoms with Gasteiger partial charge in [0, 0.05) is 118 Å². The van der Waals surface area contributed by atoms with Crippen LogP contribution in [0.5, 0.6) is 17.2 Å². The van der Waals surface area contributed by atoms with Crippen LogP contribution in [0.2, 0.25) is 0 Å². The number of carbonyl (C=O) groups is 1. The number of piperidine rings is 1. The quantitative estimate of drug-likeness (QED) is 0.148. The van der Waals surface area contributed by atoms with Crippen LogP contribution in [-0.2, 0) is 60.6 Å². The number of anilines is 1. The third-order valence-electron chi connectivity index (χ3n) is 13.2. The summed E-state index contributed by atoms with van der Waals surface area (Å²) in [5, 5.41) is 73.5. The Kier molecular flexibility index (Phi) is 16.8. The minimum absolute atomic E-state index is 0. The van der Waals surface area contributed by atoms with Crippen LogP contribution in [0.15, 0.2) is 46.1 Å². The second-order valence-corrected chi connectivity index (χ2v) is 19.6. The number of ether oxygens (including phenoxy) is 3. The molecule has 1 saturated heterocycles. The van der Waals surface area contributed by atoms with Crippen molar-refractivity contribution in [1.82, 2.24) is 4.90 Å². The van der Waals surface area contributed by atoms with Crippen molar-refractivity contribution < 1.29 is 96.0 Å². The Morgan fingerprint density at radius 1 is 0.891 bits per heavy atom. The Labute approximate surface area is 399 Å². The number of hydrogen-bond acceptors (Lipinski definition) is 16. The van der Waals surface area contributed by atoms with E-state index >= 15 is 0 Å². The van der Waals surface area contributed by atoms with Gasteiger partial charge in [0.25, 0.3) is 11.7 Å². The summed E-state index contributed by atoms with van der Waals surface area (Å²) in [5.41, 5.74) is -0.607. The van der Waals surface area contributed by atoms with Crippen LogP contribution in [-0.4, -0.2) is 117 Å². The van der Waals surface area contributed by atoms with Crippen LogP contribution in [0, 0.1) is 30.6 Å². The van der Waals surface area contributed by atoms with Gasteiger partial charge in [-0.3, -0.25) is 24.2 Å². The molecule has 4 heterocycles. The van der Waals surface area contributed by atoms with Gasteiger partial charge in [-0.15, -0.1) is 0 Å². The Hall–Kier alpha value is -2.80. The van der Waals surface area contributed by atoms with Gasteiger partial charge in [-0.2, -0.15) is 0 Å². The summed E-state index contributed by atoms with van der Waals surface area (Å²) < 4.78 is 42.8. The number of phenols is 2. The summed E-state index contributed by atoms with van der Waals surface area (Å²) in [6.07, 6.45) is 3.05. The first-order chi connectivity index (χ1) is 29.7. The van der Waals surface area contributed by atoms with E-state index in [-0.39, 0.29) is 108 Å². The monoisotopic (exact) mass is 989 g/mol. The van der Waals surface area contributed by atoms with Crippen molar-refractivity contribution in [3.8, 4) is 17.2 Å². The fourth-order valence-corrected chi connectivity index (χ4v) is 11.0. The molecular weight excluding hydrogens is 924 g/mol. The van der Waals surface area contributed by atoms with E-state index in [1.807, 2.05) is 4.90 Å². The van der Waals surface area contributed by atoms with Crippen molar-refractivity contribution >= 4 is 30.0 Å². The van der Waals surface area contributed by atoms with Gasteiger partial charge in [0.05, 0.1) is 54.6 Å². The average Bonchev–Trinajstić information content (AvgIpc) is 3.75. The summed E-state index contributed by atoms with van der Waals surface area (Å²) in [5.74, 6) is -5.53. The van der Waals surface area contributed by atoms with Crippen LogP contribution in [0.4, 0.5) is 5.69 Å². The number of aromatic hydroxyl groups is 2. The number of allylic oxidation sites excluding steroid dienone is 2. The largest absolute Gasteiger partial charge is 0.507 e. The van der Waals surface area contributed by atoms with E-state index in [0.717, 1.165) is 0 Å². The first kappa shape index (κ1) is 52.2. The SMILES string of the molecule is CCOP(=O)(CN1CCC2(CC1)N=c1c3c(O)c4c(O)c(C)c5c(c4c1=N2)C(O)[C@@](C)(O/C=C/[C@H](OC)[C@@H](C)[C@@H](O)[C@H](C)[C@H](O)[C@H](C)[C@@H](O)[C@@H](C)/C=C/C=C(/C)C(=O)N3)O5)OCC.[Y]. The van der Waals surface area contributed by atoms with E-state index in [0.29, 0.717) is 25.9 Å². The maximum atomic E-state index is 13.9. The van der Waals surface area contributed by atoms with E-state index in [9.17, 15) is 40.0 Å². The van der Waals surface area contributed by atoms with Gasteiger partial charge in [0.2, 0.25) is 0 Å². The molecule has 1 radical (unpaired) electrons. The van der Waals surface area contributed by atoms with Gasteiger partial charge < -0.3 is 59.2 Å². The second kappa shape index (κ2) is 20.6. The van der Waals surface area contributed by atoms with Crippen LogP contribution in [0.3, 0.4) is 0 Å². The topological polar surface area (TPSA) is 242 Å². The predicted molar refractivity (Wildman–Crippen MR) is 235 cm³/mol. The van der Waals surface area contributed by atoms with Crippen LogP contribution >= 0.6 is 7.60 Å². The number of nitrogens with zero attached hydrogens (tertiary/aromatic N) is 3. The number of benzene rings is 2. The smallest absolute Gasteiger partial charge is 0.344 e. The fourth-order valence-electron chi connectivity index (χ4n) is 9.16. The van der Waals surface area contributed by atoms with Gasteiger partial charge in [-0.05, 0) is 33.8 Å². The molecule has 1 unspecified atom stereocenters. The van der Waals surface area contributed by atoms with Gasteiger partial charge in [0.15, 0.2) is 17.5 Å². The molecule has 1 spiro atoms. The Morgan fingerprint density at radius 3 is 2.09 bits per heavy atom. The fraction of sp³-hybridized carbons (Fsp3) is 0.622. The summed E-state index contributed by atoms with van der Waals surface area (Å²) in [7, 11) is -1.94. The molecule has 0 aliphatic carbocycles. The zero-order chi connectivity index (χ0) is 46.3. The second-order valence-electron chi connectivity index (χ2n) is 17.6. The molecule has 0 aromatic heterocycles. The Balaban J connectivity index is 0.00000771. The first-order valence-corrected chi connectivity index (χ1v) is 23.5. The number of methoxy groups -OCH3 is 1. The summed E-state index contributed by atoms with van der Waals surface area (Å²) in [4.78, 5) is 26.2. The molecule has 1 amide bonds. The number of likely N-dealkylation sites (tertiary alicyclic amines) is 1. The standard InChI is InChI=1S/C45H65N4O13P.Y/c1-11-60-63(57,61-12-2)22-49-19-17-45(18-20-49)47-33-30-31-39(53)28(8)41-32(30)42(55)44(9,62-41)59-21-16-29(58-10)25(5)37(51)27(7)38(52)26(6)36(50)23(3)14-13-15-24(4)43(56)46-35(40(31)54)34(33)48-45;/h13-16,21,23,25-27,29,36-38,42,50-55H,11-12,17-20,22H2,1-10H3,(H,46,56);/b14-13+,21-16+,24-15-;/t23-,25+,26+,27-,29-,36-,37+,38+,42?,44-;/m0./s1. The Morgan fingerprint density at radius 2 is 1.48 bits per heavy atom. The van der Waals surface area contributed by atoms with Crippen molar-refractivity contribution in [2.45, 2.75) is 117 Å². The summed E-state index contributed by atoms with van der Waals surface area (Å²) >= 11 is 0. The predicted octanol–water partition coefficient (Wildman–Crippen LogP) is 4.59. The maximum Gasteiger partial charge on any atom is 0.344 e. The van der Waals surface area contributed by atoms with Crippen LogP contribution < -0.4 is 20.8 Å². The van der Waals surface area contributed by atoms with Gasteiger partial charge >= 0.3 is 7.60 Å². The number of nitrogens with one attached hydrogen (secondary N) is 1. The van der Waals surface area contributed by atoms with E-state index in [1.54, 1.807) is 79.7 Å². The molecule has 17 nitrogen and oxygen atoms in total. The average molecular weight is 990 g/mol. The number of phenolic OH excluding ortho intramolecular Hbond substituents is 2. The first-order valence-electron chi connectivity index (χ1n) is 21.8. The van der Waals surface area contributed by atoms with Crippen molar-refractivity contribution in [3.05, 3.63) is 58.0 Å². The summed E-state index contributed by atoms with van der Waals surface area (Å²) in [6.45, 7) is 16.4. The number of amides is 1. The number of aliphatic hydroxyl groups is 4. The zero-order valence-corrected chi connectivity index (χ0v) is 42.2. The van der Waals surface area contributed by atoms with E-state index in [2.05, 4.69) is 5.32 Å². The third kappa shape index (κ3) is 9.92. The molecule has 19 heteroatoms. The molecule has 6 rings (SSSR count). The molecule has 2 aromatic carbocycles. The molecule has 10 atom stereocenters. The molecule has 2 aromatic rings. The number of carbonyl (C=O) groups excluding carboxylic acids is 1. The molecule has 4 aliphatic heterocycles. The van der Waals surface area contributed by atoms with Gasteiger partial charge in [-0.1, -0.05) is 45.9 Å². The Bertz CT molecular complexity index is 2330. The molecule has 0 saturated carbocycles. The van der Waals surface area contributed by atoms with E-state index in [4.69, 9.17) is 33.2 Å². The van der Waals surface area contributed by atoms with Crippen LogP contribution in [0.1, 0.15) is 85.5 Å². The number of fused-ring (bicyclic) bond motifs is 1. The maximum absolute atomic E-state index is 13.9. The molecule has 7 N–H and O–H groups in total. The van der Waals surface area contributed by atoms with E-state index in [1.165, 1.54) is 20.3 Å². The molecular formula is C45H65N4O13PY. The third-order valence-corrected chi connectivity index (χ3v) is 15.3. The van der Waals surface area contributed by atoms with Gasteiger partial charge in [0.1, 0.15) is 28.8 Å².